The van der Waals surface area contributed by atoms with Crippen LogP contribution in [0.4, 0.5) is 0 Å². The van der Waals surface area contributed by atoms with Crippen LogP contribution < -0.4 is 4.84 Å². The fourth-order valence-corrected chi connectivity index (χ4v) is 1.85. The Morgan fingerprint density at radius 1 is 1.00 bits per heavy atom. The third-order valence-corrected chi connectivity index (χ3v) is 2.77. The quantitative estimate of drug-likeness (QED) is 0.827. The maximum atomic E-state index is 11.3. The zero-order valence-electron chi connectivity index (χ0n) is 9.19. The Labute approximate surface area is 105 Å². The van der Waals surface area contributed by atoms with E-state index in [2.05, 4.69) is 4.84 Å². The highest BCUT2D eigenvalue weighted by molar-refractivity contribution is 6.21. The van der Waals surface area contributed by atoms with E-state index in [-0.39, 0.29) is 12.3 Å². The van der Waals surface area contributed by atoms with Crippen molar-refractivity contribution in [3.05, 3.63) is 60.2 Å². The van der Waals surface area contributed by atoms with Gasteiger partial charge in [0.05, 0.1) is 6.42 Å². The van der Waals surface area contributed by atoms with Crippen molar-refractivity contribution in [2.75, 3.05) is 0 Å². The third kappa shape index (κ3) is 2.86. The van der Waals surface area contributed by atoms with E-state index in [1.54, 1.807) is 0 Å². The van der Waals surface area contributed by atoms with Crippen molar-refractivity contribution in [2.24, 2.45) is 0 Å². The van der Waals surface area contributed by atoms with Crippen LogP contribution in [0.15, 0.2) is 54.6 Å². The van der Waals surface area contributed by atoms with Crippen LogP contribution in [0.3, 0.4) is 0 Å². The highest BCUT2D eigenvalue weighted by Gasteiger charge is 2.07. The second-order valence-corrected chi connectivity index (χ2v) is 3.91. The molecule has 0 bridgehead atoms. The second-order valence-electron chi connectivity index (χ2n) is 3.72. The minimum atomic E-state index is -0.199. The van der Waals surface area contributed by atoms with Gasteiger partial charge in [0.15, 0.2) is 0 Å². The smallest absolute Gasteiger partial charge is 0.238 e. The molecule has 3 heteroatoms. The van der Waals surface area contributed by atoms with Crippen molar-refractivity contribution in [3.63, 3.8) is 0 Å². The molecule has 0 unspecified atom stereocenters. The molecule has 0 aliphatic heterocycles. The molecule has 1 N–H and O–H groups in total. The van der Waals surface area contributed by atoms with Crippen LogP contribution in [0.1, 0.15) is 5.56 Å². The van der Waals surface area contributed by atoms with E-state index in [1.807, 2.05) is 54.6 Å². The van der Waals surface area contributed by atoms with Crippen LogP contribution in [0.5, 0.6) is 0 Å². The van der Waals surface area contributed by atoms with E-state index in [0.717, 1.165) is 16.7 Å². The number of carbonyl (C=O) groups excluding carboxylic acids is 1. The predicted molar refractivity (Wildman–Crippen MR) is 69.6 cm³/mol. The van der Waals surface area contributed by atoms with E-state index in [9.17, 15) is 4.79 Å². The molecule has 0 aromatic heterocycles. The summed E-state index contributed by atoms with van der Waals surface area (Å²) in [5, 5.41) is 0. The first kappa shape index (κ1) is 11.7. The molecule has 0 fully saturated rings. The van der Waals surface area contributed by atoms with Gasteiger partial charge in [-0.05, 0) is 16.7 Å². The van der Waals surface area contributed by atoms with Gasteiger partial charge in [0.1, 0.15) is 0 Å². The molecule has 2 aromatic rings. The molecular weight excluding hydrogens is 234 g/mol. The summed E-state index contributed by atoms with van der Waals surface area (Å²) in [6.07, 6.45) is 0.286. The van der Waals surface area contributed by atoms with Gasteiger partial charge in [-0.2, -0.15) is 0 Å². The number of nitrogens with one attached hydrogen (secondary N) is 1. The molecule has 0 spiro atoms. The fourth-order valence-electron chi connectivity index (χ4n) is 1.78. The molecular formula is C14H12ClNO. The summed E-state index contributed by atoms with van der Waals surface area (Å²) in [6.45, 7) is 0. The predicted octanol–water partition coefficient (Wildman–Crippen LogP) is 3.17. The molecule has 2 nitrogen and oxygen atoms in total. The minimum Gasteiger partial charge on any atom is -0.273 e. The van der Waals surface area contributed by atoms with Gasteiger partial charge in [-0.25, -0.2) is 0 Å². The van der Waals surface area contributed by atoms with Crippen molar-refractivity contribution in [2.45, 2.75) is 6.42 Å². The number of hydrogen-bond acceptors (Lipinski definition) is 1. The van der Waals surface area contributed by atoms with Gasteiger partial charge in [0, 0.05) is 11.8 Å². The van der Waals surface area contributed by atoms with E-state index in [0.29, 0.717) is 0 Å². The lowest BCUT2D eigenvalue weighted by atomic mass is 9.98. The highest BCUT2D eigenvalue weighted by atomic mass is 35.5. The first-order valence-corrected chi connectivity index (χ1v) is 5.72. The molecule has 0 aliphatic rings. The standard InChI is InChI=1S/C14H12ClNO/c15-16-14(17)10-12-8-4-5-9-13(12)11-6-2-1-3-7-11/h1-9H,10H2,(H,16,17). The van der Waals surface area contributed by atoms with Crippen molar-refractivity contribution in [1.82, 2.24) is 4.84 Å². The van der Waals surface area contributed by atoms with Crippen molar-refractivity contribution in [1.29, 1.82) is 0 Å². The molecule has 0 heterocycles. The van der Waals surface area contributed by atoms with Crippen molar-refractivity contribution < 1.29 is 4.79 Å². The summed E-state index contributed by atoms with van der Waals surface area (Å²) in [5.74, 6) is -0.199. The van der Waals surface area contributed by atoms with E-state index in [4.69, 9.17) is 11.8 Å². The Kier molecular flexibility index (Phi) is 3.78. The lowest BCUT2D eigenvalue weighted by Crippen LogP contribution is -2.15. The van der Waals surface area contributed by atoms with Crippen LogP contribution in [0.2, 0.25) is 0 Å². The topological polar surface area (TPSA) is 29.1 Å². The molecule has 2 rings (SSSR count). The van der Waals surface area contributed by atoms with Gasteiger partial charge in [0.25, 0.3) is 0 Å². The van der Waals surface area contributed by atoms with Crippen LogP contribution in [-0.4, -0.2) is 5.91 Å². The zero-order chi connectivity index (χ0) is 12.1. The molecule has 0 radical (unpaired) electrons. The first-order chi connectivity index (χ1) is 8.31. The van der Waals surface area contributed by atoms with Gasteiger partial charge >= 0.3 is 0 Å². The zero-order valence-corrected chi connectivity index (χ0v) is 9.95. The molecule has 17 heavy (non-hydrogen) atoms. The normalized spacial score (nSPS) is 9.94. The highest BCUT2D eigenvalue weighted by Crippen LogP contribution is 2.23. The van der Waals surface area contributed by atoms with Gasteiger partial charge in [-0.1, -0.05) is 54.6 Å². The third-order valence-electron chi connectivity index (χ3n) is 2.56. The maximum Gasteiger partial charge on any atom is 0.238 e. The van der Waals surface area contributed by atoms with E-state index < -0.39 is 0 Å². The summed E-state index contributed by atoms with van der Waals surface area (Å²) in [5.41, 5.74) is 3.13. The van der Waals surface area contributed by atoms with Gasteiger partial charge in [-0.3, -0.25) is 9.63 Å². The number of carbonyl (C=O) groups is 1. The summed E-state index contributed by atoms with van der Waals surface area (Å²) >= 11 is 5.30. The van der Waals surface area contributed by atoms with E-state index >= 15 is 0 Å². The van der Waals surface area contributed by atoms with E-state index in [1.165, 1.54) is 0 Å². The molecule has 0 atom stereocenters. The van der Waals surface area contributed by atoms with Crippen LogP contribution >= 0.6 is 11.8 Å². The number of amides is 1. The Hall–Kier alpha value is -1.80. The molecule has 86 valence electrons. The average molecular weight is 246 g/mol. The first-order valence-electron chi connectivity index (χ1n) is 5.34. The van der Waals surface area contributed by atoms with Crippen LogP contribution in [-0.2, 0) is 11.2 Å². The number of halogens is 1. The van der Waals surface area contributed by atoms with Crippen LogP contribution in [0.25, 0.3) is 11.1 Å². The number of hydrogen-bond donors (Lipinski definition) is 1. The molecule has 2 aromatic carbocycles. The monoisotopic (exact) mass is 245 g/mol. The summed E-state index contributed by atoms with van der Waals surface area (Å²) < 4.78 is 0. The Bertz CT molecular complexity index is 511. The average Bonchev–Trinajstić information content (AvgIpc) is 2.40. The van der Waals surface area contributed by atoms with Crippen molar-refractivity contribution in [3.8, 4) is 11.1 Å². The largest absolute Gasteiger partial charge is 0.273 e. The van der Waals surface area contributed by atoms with Gasteiger partial charge in [0.2, 0.25) is 5.91 Å². The molecule has 0 saturated carbocycles. The Morgan fingerprint density at radius 3 is 2.35 bits per heavy atom. The van der Waals surface area contributed by atoms with Crippen molar-refractivity contribution >= 4 is 17.7 Å². The second kappa shape index (κ2) is 5.51. The summed E-state index contributed by atoms with van der Waals surface area (Å²) in [7, 11) is 0. The Morgan fingerprint density at radius 2 is 1.65 bits per heavy atom. The molecule has 1 amide bonds. The number of rotatable bonds is 3. The molecule has 0 aliphatic carbocycles. The fraction of sp³-hybridized carbons (Fsp3) is 0.0714. The lowest BCUT2D eigenvalue weighted by Gasteiger charge is -2.08. The Balaban J connectivity index is 2.38. The van der Waals surface area contributed by atoms with Gasteiger partial charge in [-0.15, -0.1) is 0 Å². The van der Waals surface area contributed by atoms with Crippen LogP contribution in [0, 0.1) is 0 Å². The molecule has 0 saturated heterocycles. The lowest BCUT2D eigenvalue weighted by molar-refractivity contribution is -0.118. The maximum absolute atomic E-state index is 11.3. The van der Waals surface area contributed by atoms with Gasteiger partial charge < -0.3 is 0 Å². The summed E-state index contributed by atoms with van der Waals surface area (Å²) in [4.78, 5) is 13.4. The number of benzene rings is 2. The minimum absolute atomic E-state index is 0.199. The SMILES string of the molecule is O=C(Cc1ccccc1-c1ccccc1)NCl. The summed E-state index contributed by atoms with van der Waals surface area (Å²) in [6, 6.07) is 17.8.